The zero-order valence-electron chi connectivity index (χ0n) is 33.8. The smallest absolute Gasteiger partial charge is 0.0736 e. The van der Waals surface area contributed by atoms with Crippen LogP contribution in [0.1, 0.15) is 47.2 Å². The first kappa shape index (κ1) is 35.1. The van der Waals surface area contributed by atoms with E-state index in [4.69, 9.17) is 0 Å². The Morgan fingerprint density at radius 3 is 1.66 bits per heavy atom. The fourth-order valence-corrected chi connectivity index (χ4v) is 13.4. The molecule has 0 N–H and O–H groups in total. The van der Waals surface area contributed by atoms with Crippen LogP contribution in [0, 0.1) is 0 Å². The zero-order valence-corrected chi connectivity index (χ0v) is 35.4. The third kappa shape index (κ3) is 4.85. The molecule has 0 fully saturated rings. The van der Waals surface area contributed by atoms with Gasteiger partial charge in [0.15, 0.2) is 0 Å². The van der Waals surface area contributed by atoms with Gasteiger partial charge in [0, 0.05) is 52.4 Å². The number of anilines is 3. The first-order chi connectivity index (χ1) is 30.0. The van der Waals surface area contributed by atoms with Crippen molar-refractivity contribution in [3.8, 4) is 33.4 Å². The molecule has 0 saturated carbocycles. The second-order valence-corrected chi connectivity index (χ2v) is 19.3. The number of benzene rings is 9. The van der Waals surface area contributed by atoms with Crippen molar-refractivity contribution in [2.24, 2.45) is 0 Å². The van der Waals surface area contributed by atoms with Gasteiger partial charge < -0.3 is 4.90 Å². The van der Waals surface area contributed by atoms with E-state index in [1.54, 1.807) is 0 Å². The van der Waals surface area contributed by atoms with E-state index in [-0.39, 0.29) is 5.41 Å². The Balaban J connectivity index is 1.03. The monoisotopic (exact) mass is 813 g/mol. The molecule has 1 nitrogen and oxygen atoms in total. The minimum atomic E-state index is -0.459. The lowest BCUT2D eigenvalue weighted by Crippen LogP contribution is -2.32. The molecule has 3 heteroatoms. The van der Waals surface area contributed by atoms with Gasteiger partial charge in [-0.3, -0.25) is 0 Å². The van der Waals surface area contributed by atoms with Crippen molar-refractivity contribution in [2.45, 2.75) is 34.5 Å². The summed E-state index contributed by atoms with van der Waals surface area (Å²) in [4.78, 5) is 5.11. The van der Waals surface area contributed by atoms with Crippen molar-refractivity contribution in [2.75, 3.05) is 4.90 Å². The van der Waals surface area contributed by atoms with Crippen LogP contribution in [0.25, 0.3) is 53.6 Å². The van der Waals surface area contributed by atoms with E-state index in [2.05, 4.69) is 219 Å². The minimum Gasteiger partial charge on any atom is -0.310 e. The molecule has 1 aliphatic heterocycles. The summed E-state index contributed by atoms with van der Waals surface area (Å²) in [6.07, 6.45) is 0. The molecular formula is C58H39NS2. The highest BCUT2D eigenvalue weighted by Crippen LogP contribution is 2.63. The first-order valence-electron chi connectivity index (χ1n) is 21.2. The minimum absolute atomic E-state index is 0.128. The van der Waals surface area contributed by atoms with E-state index in [1.165, 1.54) is 96.7 Å². The lowest BCUT2D eigenvalue weighted by Gasteiger charge is -2.40. The first-order valence-corrected chi connectivity index (χ1v) is 22.8. The second kappa shape index (κ2) is 12.9. The third-order valence-electron chi connectivity index (χ3n) is 13.8. The Morgan fingerprint density at radius 2 is 0.902 bits per heavy atom. The molecule has 2 aliphatic carbocycles. The van der Waals surface area contributed by atoms with E-state index >= 15 is 0 Å². The molecule has 1 aromatic heterocycles. The van der Waals surface area contributed by atoms with Crippen molar-refractivity contribution in [3.63, 3.8) is 0 Å². The summed E-state index contributed by atoms with van der Waals surface area (Å²) in [6, 6.07) is 75.5. The summed E-state index contributed by atoms with van der Waals surface area (Å²) >= 11 is 3.77. The number of rotatable bonds is 4. The molecule has 13 rings (SSSR count). The topological polar surface area (TPSA) is 3.24 Å². The third-order valence-corrected chi connectivity index (χ3v) is 16.0. The van der Waals surface area contributed by atoms with Gasteiger partial charge in [-0.05, 0) is 127 Å². The predicted molar refractivity (Wildman–Crippen MR) is 258 cm³/mol. The van der Waals surface area contributed by atoms with Gasteiger partial charge in [-0.25, -0.2) is 0 Å². The molecule has 0 radical (unpaired) electrons. The fourth-order valence-electron chi connectivity index (χ4n) is 11.1. The number of nitrogens with zero attached hydrogens (tertiary/aromatic N) is 1. The molecule has 0 amide bonds. The van der Waals surface area contributed by atoms with Crippen LogP contribution in [0.4, 0.5) is 17.1 Å². The second-order valence-electron chi connectivity index (χ2n) is 17.2. The van der Waals surface area contributed by atoms with Crippen molar-refractivity contribution >= 4 is 60.3 Å². The number of hydrogen-bond acceptors (Lipinski definition) is 3. The summed E-state index contributed by atoms with van der Waals surface area (Å²) in [5.74, 6) is 0. The summed E-state index contributed by atoms with van der Waals surface area (Å²) in [7, 11) is 0. The maximum Gasteiger partial charge on any atom is 0.0736 e. The van der Waals surface area contributed by atoms with Crippen LogP contribution in [-0.4, -0.2) is 0 Å². The lowest BCUT2D eigenvalue weighted by atomic mass is 9.67. The van der Waals surface area contributed by atoms with E-state index in [0.717, 1.165) is 17.1 Å². The van der Waals surface area contributed by atoms with Crippen molar-refractivity contribution in [1.29, 1.82) is 0 Å². The van der Waals surface area contributed by atoms with Gasteiger partial charge in [0.05, 0.1) is 5.41 Å². The van der Waals surface area contributed by atoms with Crippen LogP contribution in [-0.2, 0) is 10.8 Å². The Morgan fingerprint density at radius 1 is 0.377 bits per heavy atom. The zero-order chi connectivity index (χ0) is 40.5. The van der Waals surface area contributed by atoms with Gasteiger partial charge in [-0.15, -0.1) is 11.3 Å². The van der Waals surface area contributed by atoms with Crippen LogP contribution in [0.2, 0.25) is 0 Å². The van der Waals surface area contributed by atoms with Gasteiger partial charge >= 0.3 is 0 Å². The Kier molecular flexibility index (Phi) is 7.45. The number of thiophene rings is 1. The summed E-state index contributed by atoms with van der Waals surface area (Å²) < 4.78 is 2.65. The molecule has 3 aliphatic rings. The summed E-state index contributed by atoms with van der Waals surface area (Å²) in [5.41, 5.74) is 18.8. The highest BCUT2D eigenvalue weighted by molar-refractivity contribution is 7.99. The van der Waals surface area contributed by atoms with Gasteiger partial charge in [-0.2, -0.15) is 0 Å². The quantitative estimate of drug-likeness (QED) is 0.174. The maximum atomic E-state index is 2.51. The van der Waals surface area contributed by atoms with Gasteiger partial charge in [0.1, 0.15) is 0 Å². The van der Waals surface area contributed by atoms with Crippen molar-refractivity contribution in [1.82, 2.24) is 0 Å². The largest absolute Gasteiger partial charge is 0.310 e. The van der Waals surface area contributed by atoms with Crippen LogP contribution in [0.3, 0.4) is 0 Å². The van der Waals surface area contributed by atoms with E-state index in [0.29, 0.717) is 0 Å². The molecule has 0 bridgehead atoms. The highest BCUT2D eigenvalue weighted by atomic mass is 32.2. The molecule has 61 heavy (non-hydrogen) atoms. The summed E-state index contributed by atoms with van der Waals surface area (Å²) in [5, 5.41) is 2.66. The molecule has 9 aromatic carbocycles. The van der Waals surface area contributed by atoms with Crippen molar-refractivity contribution in [3.05, 3.63) is 234 Å². The average Bonchev–Trinajstić information content (AvgIpc) is 3.91. The standard InChI is InChI=1S/C58H39NS2/c1-57(2)46-19-7-3-14-41(46)44-32-30-38(34-50(44)57)59(37-28-26-36(27-29-37)40-18-13-25-55-56(40)45-17-6-11-23-52(45)60-55)39-31-33-54-51(35-39)58(49-22-10-12-24-53(49)61-54)47-20-8-4-15-42(47)43-16-5-9-21-48(43)58/h3-35H,1-2H3. The Labute approximate surface area is 364 Å². The molecule has 10 aromatic rings. The Bertz CT molecular complexity index is 3400. The fraction of sp³-hybridized carbons (Fsp3) is 0.0690. The van der Waals surface area contributed by atoms with Crippen LogP contribution in [0.5, 0.6) is 0 Å². The highest BCUT2D eigenvalue weighted by Gasteiger charge is 2.50. The molecule has 1 spiro atoms. The van der Waals surface area contributed by atoms with Crippen LogP contribution >= 0.6 is 23.1 Å². The normalized spacial score (nSPS) is 14.6. The molecule has 0 saturated heterocycles. The molecular weight excluding hydrogens is 775 g/mol. The van der Waals surface area contributed by atoms with Crippen LogP contribution in [0.15, 0.2) is 210 Å². The number of fused-ring (bicyclic) bond motifs is 15. The predicted octanol–water partition coefficient (Wildman–Crippen LogP) is 16.3. The SMILES string of the molecule is CC1(C)c2ccccc2-c2ccc(N(c3ccc(-c4cccc5sc6ccccc6c45)cc3)c3ccc4c(c3)C3(c5ccccc5S4)c4ccccc4-c4ccccc43)cc21. The molecule has 288 valence electrons. The molecule has 2 heterocycles. The van der Waals surface area contributed by atoms with Gasteiger partial charge in [0.25, 0.3) is 0 Å². The molecule has 0 unspecified atom stereocenters. The maximum absolute atomic E-state index is 2.51. The number of hydrogen-bond donors (Lipinski definition) is 0. The van der Waals surface area contributed by atoms with E-state index in [1.807, 2.05) is 23.1 Å². The average molecular weight is 814 g/mol. The van der Waals surface area contributed by atoms with Crippen molar-refractivity contribution < 1.29 is 0 Å². The van der Waals surface area contributed by atoms with Crippen LogP contribution < -0.4 is 4.90 Å². The van der Waals surface area contributed by atoms with E-state index in [9.17, 15) is 0 Å². The lowest BCUT2D eigenvalue weighted by molar-refractivity contribution is 0.660. The molecule has 0 atom stereocenters. The van der Waals surface area contributed by atoms with E-state index < -0.39 is 5.41 Å². The summed E-state index contributed by atoms with van der Waals surface area (Å²) in [6.45, 7) is 4.75. The van der Waals surface area contributed by atoms with Gasteiger partial charge in [0.2, 0.25) is 0 Å². The van der Waals surface area contributed by atoms with Gasteiger partial charge in [-0.1, -0.05) is 165 Å². The Hall–Kier alpha value is -6.65.